The third-order valence-corrected chi connectivity index (χ3v) is 5.80. The second-order valence-corrected chi connectivity index (χ2v) is 10.3. The van der Waals surface area contributed by atoms with Crippen LogP contribution >= 0.6 is 15.9 Å². The summed E-state index contributed by atoms with van der Waals surface area (Å²) < 4.78 is 13.0. The molecule has 31 heavy (non-hydrogen) atoms. The molecule has 0 bridgehead atoms. The number of fused-ring (bicyclic) bond motifs is 1. The molecule has 0 aliphatic carbocycles. The molecular formula is C24H38BrN3O3. The third kappa shape index (κ3) is 9.27. The van der Waals surface area contributed by atoms with Gasteiger partial charge in [-0.05, 0) is 40.3 Å². The summed E-state index contributed by atoms with van der Waals surface area (Å²) in [7, 11) is 1.35. The summed E-state index contributed by atoms with van der Waals surface area (Å²) in [5.41, 5.74) is 1.35. The highest BCUT2D eigenvalue weighted by Crippen LogP contribution is 2.23. The Hall–Kier alpha value is -1.47. The molecule has 0 atom stereocenters. The van der Waals surface area contributed by atoms with E-state index in [0.29, 0.717) is 23.1 Å². The van der Waals surface area contributed by atoms with Gasteiger partial charge in [-0.25, -0.2) is 14.5 Å². The van der Waals surface area contributed by atoms with Gasteiger partial charge in [0.05, 0.1) is 12.5 Å². The van der Waals surface area contributed by atoms with E-state index in [1.54, 1.807) is 10.9 Å². The van der Waals surface area contributed by atoms with Crippen LogP contribution in [-0.2, 0) is 16.2 Å². The normalized spacial score (nSPS) is 11.9. The predicted octanol–water partition coefficient (Wildman–Crippen LogP) is 6.90. The van der Waals surface area contributed by atoms with Gasteiger partial charge < -0.3 is 9.47 Å². The van der Waals surface area contributed by atoms with Crippen LogP contribution in [0.5, 0.6) is 0 Å². The second kappa shape index (κ2) is 13.2. The zero-order chi connectivity index (χ0) is 22.7. The largest absolute Gasteiger partial charge is 0.464 e. The zero-order valence-corrected chi connectivity index (χ0v) is 21.2. The van der Waals surface area contributed by atoms with E-state index < -0.39 is 5.97 Å². The van der Waals surface area contributed by atoms with Crippen molar-refractivity contribution < 1.29 is 14.3 Å². The summed E-state index contributed by atoms with van der Waals surface area (Å²) in [6.07, 6.45) is 14.6. The summed E-state index contributed by atoms with van der Waals surface area (Å²) in [6, 6.07) is 1.82. The molecule has 0 saturated heterocycles. The molecule has 2 heterocycles. The van der Waals surface area contributed by atoms with Gasteiger partial charge >= 0.3 is 5.97 Å². The number of nitrogens with zero attached hydrogens (tertiary/aromatic N) is 3. The van der Waals surface area contributed by atoms with Gasteiger partial charge in [-0.15, -0.1) is 0 Å². The monoisotopic (exact) mass is 495 g/mol. The van der Waals surface area contributed by atoms with Crippen LogP contribution in [0.4, 0.5) is 0 Å². The van der Waals surface area contributed by atoms with Crippen molar-refractivity contribution in [2.45, 2.75) is 91.7 Å². The minimum Gasteiger partial charge on any atom is -0.464 e. The van der Waals surface area contributed by atoms with E-state index in [1.165, 1.54) is 64.9 Å². The summed E-state index contributed by atoms with van der Waals surface area (Å²) in [6.45, 7) is 7.92. The number of ether oxygens (including phenoxy) is 2. The van der Waals surface area contributed by atoms with Crippen molar-refractivity contribution in [1.82, 2.24) is 14.8 Å². The molecule has 0 radical (unpaired) electrons. The number of pyridine rings is 1. The Morgan fingerprint density at radius 2 is 1.65 bits per heavy atom. The molecule has 6 nitrogen and oxygen atoms in total. The van der Waals surface area contributed by atoms with Gasteiger partial charge in [0.25, 0.3) is 0 Å². The van der Waals surface area contributed by atoms with E-state index >= 15 is 0 Å². The van der Waals surface area contributed by atoms with Crippen LogP contribution in [0.25, 0.3) is 11.0 Å². The van der Waals surface area contributed by atoms with Crippen molar-refractivity contribution in [3.8, 4) is 0 Å². The van der Waals surface area contributed by atoms with Crippen molar-refractivity contribution >= 4 is 32.9 Å². The molecule has 0 unspecified atom stereocenters. The molecule has 0 saturated carbocycles. The van der Waals surface area contributed by atoms with Crippen LogP contribution in [0.3, 0.4) is 0 Å². The van der Waals surface area contributed by atoms with Crippen molar-refractivity contribution in [3.05, 3.63) is 22.4 Å². The van der Waals surface area contributed by atoms with E-state index in [-0.39, 0.29) is 12.4 Å². The highest BCUT2D eigenvalue weighted by atomic mass is 79.9. The molecule has 2 rings (SSSR count). The van der Waals surface area contributed by atoms with E-state index in [1.807, 2.05) is 6.07 Å². The van der Waals surface area contributed by atoms with Crippen LogP contribution in [0.1, 0.15) is 95.5 Å². The van der Waals surface area contributed by atoms with Crippen LogP contribution in [0, 0.1) is 5.41 Å². The fourth-order valence-electron chi connectivity index (χ4n) is 3.62. The molecule has 0 aliphatic heterocycles. The van der Waals surface area contributed by atoms with Gasteiger partial charge in [0, 0.05) is 17.3 Å². The highest BCUT2D eigenvalue weighted by Gasteiger charge is 2.19. The van der Waals surface area contributed by atoms with Crippen LogP contribution < -0.4 is 0 Å². The van der Waals surface area contributed by atoms with E-state index in [0.717, 1.165) is 10.9 Å². The van der Waals surface area contributed by atoms with Crippen molar-refractivity contribution in [2.75, 3.05) is 13.7 Å². The first kappa shape index (κ1) is 25.8. The molecule has 2 aromatic heterocycles. The van der Waals surface area contributed by atoms with Gasteiger partial charge in [-0.3, -0.25) is 0 Å². The Morgan fingerprint density at radius 3 is 2.26 bits per heavy atom. The molecule has 0 spiro atoms. The van der Waals surface area contributed by atoms with Crippen LogP contribution in [0.2, 0.25) is 0 Å². The number of halogens is 1. The number of unbranched alkanes of at least 4 members (excludes halogenated alkanes) is 8. The number of methoxy groups -OCH3 is 1. The zero-order valence-electron chi connectivity index (χ0n) is 19.6. The molecule has 7 heteroatoms. The summed E-state index contributed by atoms with van der Waals surface area (Å²) in [4.78, 5) is 16.4. The van der Waals surface area contributed by atoms with Crippen molar-refractivity contribution in [1.29, 1.82) is 0 Å². The van der Waals surface area contributed by atoms with Gasteiger partial charge in [0.1, 0.15) is 6.73 Å². The lowest BCUT2D eigenvalue weighted by Crippen LogP contribution is -2.08. The maximum atomic E-state index is 12.0. The fourth-order valence-corrected chi connectivity index (χ4v) is 3.95. The fraction of sp³-hybridized carbons (Fsp3) is 0.708. The number of hydrogen-bond acceptors (Lipinski definition) is 5. The first-order chi connectivity index (χ1) is 14.8. The SMILES string of the molecule is COC(=O)c1nn(COCCCCCCCCCCCC(C)(C)C)c2ncc(Br)cc12. The maximum absolute atomic E-state index is 12.0. The lowest BCUT2D eigenvalue weighted by atomic mass is 9.89. The van der Waals surface area contributed by atoms with Crippen molar-refractivity contribution in [3.63, 3.8) is 0 Å². The molecule has 2 aromatic rings. The molecule has 0 amide bonds. The van der Waals surface area contributed by atoms with Gasteiger partial charge in [0.15, 0.2) is 11.3 Å². The second-order valence-electron chi connectivity index (χ2n) is 9.39. The number of carbonyl (C=O) groups is 1. The van der Waals surface area contributed by atoms with Crippen LogP contribution in [0.15, 0.2) is 16.7 Å². The van der Waals surface area contributed by atoms with Crippen molar-refractivity contribution in [2.24, 2.45) is 5.41 Å². The van der Waals surface area contributed by atoms with Crippen LogP contribution in [-0.4, -0.2) is 34.5 Å². The Labute approximate surface area is 195 Å². The van der Waals surface area contributed by atoms with Gasteiger partial charge in [-0.2, -0.15) is 5.10 Å². The lowest BCUT2D eigenvalue weighted by Gasteiger charge is -2.17. The summed E-state index contributed by atoms with van der Waals surface area (Å²) >= 11 is 3.39. The molecular weight excluding hydrogens is 458 g/mol. The smallest absolute Gasteiger partial charge is 0.359 e. The number of aromatic nitrogens is 3. The van der Waals surface area contributed by atoms with E-state index in [9.17, 15) is 4.79 Å². The quantitative estimate of drug-likeness (QED) is 0.210. The first-order valence-corrected chi connectivity index (χ1v) is 12.3. The molecule has 174 valence electrons. The summed E-state index contributed by atoms with van der Waals surface area (Å²) in [5.74, 6) is -0.474. The Morgan fingerprint density at radius 1 is 1.03 bits per heavy atom. The highest BCUT2D eigenvalue weighted by molar-refractivity contribution is 9.10. The standard InChI is InChI=1S/C24H38BrN3O3/c1-24(2,3)14-12-10-8-6-5-7-9-11-13-15-31-18-28-22-20(16-19(25)17-26-22)21(27-28)23(29)30-4/h16-17H,5-15,18H2,1-4H3. The topological polar surface area (TPSA) is 66.2 Å². The molecule has 0 fully saturated rings. The predicted molar refractivity (Wildman–Crippen MR) is 128 cm³/mol. The number of hydrogen-bond donors (Lipinski definition) is 0. The number of esters is 1. The Kier molecular flexibility index (Phi) is 10.9. The first-order valence-electron chi connectivity index (χ1n) is 11.5. The lowest BCUT2D eigenvalue weighted by molar-refractivity contribution is 0.0575. The Balaban J connectivity index is 1.58. The number of rotatable bonds is 14. The number of carbonyl (C=O) groups excluding carboxylic acids is 1. The molecule has 0 aliphatic rings. The van der Waals surface area contributed by atoms with E-state index in [4.69, 9.17) is 9.47 Å². The average Bonchev–Trinajstić information content (AvgIpc) is 3.07. The maximum Gasteiger partial charge on any atom is 0.359 e. The third-order valence-electron chi connectivity index (χ3n) is 5.36. The minimum absolute atomic E-state index is 0.258. The molecule has 0 aromatic carbocycles. The summed E-state index contributed by atoms with van der Waals surface area (Å²) in [5, 5.41) is 4.99. The minimum atomic E-state index is -0.474. The van der Waals surface area contributed by atoms with E-state index in [2.05, 4.69) is 46.8 Å². The van der Waals surface area contributed by atoms with Gasteiger partial charge in [0.2, 0.25) is 0 Å². The Bertz CT molecular complexity index is 814. The average molecular weight is 496 g/mol. The van der Waals surface area contributed by atoms with Gasteiger partial charge in [-0.1, -0.05) is 72.1 Å². The molecule has 0 N–H and O–H groups in total.